The molecular weight excluding hydrogens is 222 g/mol. The monoisotopic (exact) mass is 237 g/mol. The van der Waals surface area contributed by atoms with Crippen LogP contribution in [0, 0.1) is 10.1 Å². The van der Waals surface area contributed by atoms with Gasteiger partial charge in [-0.15, -0.1) is 0 Å². The second-order valence-electron chi connectivity index (χ2n) is 4.02. The minimum atomic E-state index is -0.476. The quantitative estimate of drug-likeness (QED) is 0.620. The third-order valence-corrected chi connectivity index (χ3v) is 2.82. The van der Waals surface area contributed by atoms with E-state index in [1.54, 1.807) is 0 Å². The highest BCUT2D eigenvalue weighted by Crippen LogP contribution is 2.23. The largest absolute Gasteiger partial charge is 0.473 e. The summed E-state index contributed by atoms with van der Waals surface area (Å²) in [6.45, 7) is 1.50. The van der Waals surface area contributed by atoms with Crippen LogP contribution in [0.25, 0.3) is 0 Å². The van der Waals surface area contributed by atoms with Crippen molar-refractivity contribution in [2.75, 3.05) is 13.2 Å². The van der Waals surface area contributed by atoms with Crippen molar-refractivity contribution in [3.8, 4) is 5.88 Å². The summed E-state index contributed by atoms with van der Waals surface area (Å²) in [6, 6.07) is 3.40. The second-order valence-corrected chi connectivity index (χ2v) is 4.02. The maximum absolute atomic E-state index is 10.7. The van der Waals surface area contributed by atoms with Gasteiger partial charge < -0.3 is 10.1 Å². The van der Waals surface area contributed by atoms with Crippen LogP contribution in [0.5, 0.6) is 5.88 Å². The van der Waals surface area contributed by atoms with Gasteiger partial charge in [-0.3, -0.25) is 10.1 Å². The van der Waals surface area contributed by atoms with Gasteiger partial charge in [-0.2, -0.15) is 0 Å². The highest BCUT2D eigenvalue weighted by molar-refractivity contribution is 5.39. The van der Waals surface area contributed by atoms with Crippen molar-refractivity contribution in [1.82, 2.24) is 10.3 Å². The first-order valence-corrected chi connectivity index (χ1v) is 5.73. The minimum Gasteiger partial charge on any atom is -0.473 e. The molecule has 0 radical (unpaired) electrons. The number of aromatic nitrogens is 1. The van der Waals surface area contributed by atoms with Crippen molar-refractivity contribution < 1.29 is 9.66 Å². The molecule has 6 nitrogen and oxygen atoms in total. The average Bonchev–Trinajstić information content (AvgIpc) is 2.82. The van der Waals surface area contributed by atoms with Gasteiger partial charge in [0.1, 0.15) is 0 Å². The Balaban J connectivity index is 1.87. The second kappa shape index (κ2) is 5.58. The Bertz CT molecular complexity index is 391. The molecule has 1 aromatic heterocycles. The lowest BCUT2D eigenvalue weighted by atomic mass is 10.2. The summed E-state index contributed by atoms with van der Waals surface area (Å²) in [5, 5.41) is 14.1. The van der Waals surface area contributed by atoms with Crippen molar-refractivity contribution in [2.45, 2.75) is 25.3 Å². The highest BCUT2D eigenvalue weighted by Gasteiger charge is 2.17. The molecule has 1 fully saturated rings. The molecule has 1 saturated heterocycles. The predicted octanol–water partition coefficient (Wildman–Crippen LogP) is 1.51. The van der Waals surface area contributed by atoms with E-state index in [4.69, 9.17) is 4.74 Å². The van der Waals surface area contributed by atoms with E-state index in [9.17, 15) is 10.1 Å². The summed E-state index contributed by atoms with van der Waals surface area (Å²) in [4.78, 5) is 14.1. The van der Waals surface area contributed by atoms with E-state index >= 15 is 0 Å². The molecular formula is C11H15N3O3. The number of pyridine rings is 1. The Hall–Kier alpha value is -1.69. The molecule has 2 rings (SSSR count). The Labute approximate surface area is 99.2 Å². The van der Waals surface area contributed by atoms with Crippen LogP contribution in [-0.2, 0) is 0 Å². The Morgan fingerprint density at radius 1 is 1.65 bits per heavy atom. The van der Waals surface area contributed by atoms with E-state index in [1.165, 1.54) is 24.8 Å². The number of hydrogen-bond acceptors (Lipinski definition) is 5. The third kappa shape index (κ3) is 3.13. The number of ether oxygens (including phenoxy) is 1. The van der Waals surface area contributed by atoms with Gasteiger partial charge in [0.15, 0.2) is 0 Å². The van der Waals surface area contributed by atoms with Crippen LogP contribution in [0.3, 0.4) is 0 Å². The molecule has 0 spiro atoms. The third-order valence-electron chi connectivity index (χ3n) is 2.82. The van der Waals surface area contributed by atoms with Gasteiger partial charge in [0, 0.05) is 18.3 Å². The van der Waals surface area contributed by atoms with Gasteiger partial charge in [0.25, 0.3) is 5.88 Å². The van der Waals surface area contributed by atoms with Crippen LogP contribution in [0.2, 0.25) is 0 Å². The number of rotatable bonds is 5. The minimum absolute atomic E-state index is 0.0770. The highest BCUT2D eigenvalue weighted by atomic mass is 16.6. The number of nitro groups is 1. The summed E-state index contributed by atoms with van der Waals surface area (Å²) in [5.41, 5.74) is -0.0770. The molecule has 6 heteroatoms. The van der Waals surface area contributed by atoms with Crippen molar-refractivity contribution in [3.05, 3.63) is 28.4 Å². The topological polar surface area (TPSA) is 77.3 Å². The molecule has 1 aliphatic heterocycles. The van der Waals surface area contributed by atoms with E-state index in [1.807, 2.05) is 0 Å². The predicted molar refractivity (Wildman–Crippen MR) is 62.0 cm³/mol. The van der Waals surface area contributed by atoms with Gasteiger partial charge >= 0.3 is 5.69 Å². The molecule has 1 N–H and O–H groups in total. The van der Waals surface area contributed by atoms with Gasteiger partial charge in [-0.25, -0.2) is 4.98 Å². The first-order valence-electron chi connectivity index (χ1n) is 5.73. The number of nitrogens with zero attached hydrogens (tertiary/aromatic N) is 2. The van der Waals surface area contributed by atoms with Crippen LogP contribution in [-0.4, -0.2) is 29.1 Å². The smallest absolute Gasteiger partial charge is 0.330 e. The van der Waals surface area contributed by atoms with Gasteiger partial charge in [0.05, 0.1) is 11.5 Å². The molecule has 2 heterocycles. The van der Waals surface area contributed by atoms with Crippen molar-refractivity contribution in [3.63, 3.8) is 0 Å². The standard InChI is InChI=1S/C11H15N3O3/c15-14(16)10-4-2-7-13-11(10)17-8-5-9-3-1-6-12-9/h2,4,7,9,12H,1,3,5-6,8H2. The molecule has 0 aliphatic carbocycles. The van der Waals surface area contributed by atoms with Crippen LogP contribution in [0.4, 0.5) is 5.69 Å². The van der Waals surface area contributed by atoms with E-state index in [0.29, 0.717) is 12.6 Å². The zero-order valence-electron chi connectivity index (χ0n) is 9.46. The van der Waals surface area contributed by atoms with Crippen molar-refractivity contribution in [1.29, 1.82) is 0 Å². The van der Waals surface area contributed by atoms with Crippen molar-refractivity contribution in [2.24, 2.45) is 0 Å². The first-order chi connectivity index (χ1) is 8.27. The molecule has 17 heavy (non-hydrogen) atoms. The van der Waals surface area contributed by atoms with Gasteiger partial charge in [-0.05, 0) is 31.9 Å². The first kappa shape index (κ1) is 11.8. The van der Waals surface area contributed by atoms with Crippen LogP contribution >= 0.6 is 0 Å². The van der Waals surface area contributed by atoms with E-state index in [-0.39, 0.29) is 11.6 Å². The lowest BCUT2D eigenvalue weighted by molar-refractivity contribution is -0.386. The molecule has 0 aromatic carbocycles. The molecule has 1 unspecified atom stereocenters. The molecule has 1 atom stereocenters. The Morgan fingerprint density at radius 3 is 3.24 bits per heavy atom. The lowest BCUT2D eigenvalue weighted by Crippen LogP contribution is -2.23. The fourth-order valence-electron chi connectivity index (χ4n) is 1.93. The molecule has 92 valence electrons. The van der Waals surface area contributed by atoms with E-state index < -0.39 is 4.92 Å². The van der Waals surface area contributed by atoms with E-state index in [0.717, 1.165) is 19.4 Å². The molecule has 1 aliphatic rings. The summed E-state index contributed by atoms with van der Waals surface area (Å²) in [5.74, 6) is 0.107. The fourth-order valence-corrected chi connectivity index (χ4v) is 1.93. The molecule has 0 saturated carbocycles. The SMILES string of the molecule is O=[N+]([O-])c1cccnc1OCCC1CCCN1. The van der Waals surface area contributed by atoms with Crippen LogP contribution in [0.1, 0.15) is 19.3 Å². The number of hydrogen-bond donors (Lipinski definition) is 1. The maximum Gasteiger partial charge on any atom is 0.330 e. The molecule has 0 bridgehead atoms. The molecule has 0 amide bonds. The average molecular weight is 237 g/mol. The van der Waals surface area contributed by atoms with Crippen molar-refractivity contribution >= 4 is 5.69 Å². The summed E-state index contributed by atoms with van der Waals surface area (Å²) in [6.07, 6.45) is 4.69. The molecule has 1 aromatic rings. The number of nitrogens with one attached hydrogen (secondary N) is 1. The summed E-state index contributed by atoms with van der Waals surface area (Å²) in [7, 11) is 0. The zero-order valence-corrected chi connectivity index (χ0v) is 9.46. The van der Waals surface area contributed by atoms with Gasteiger partial charge in [0.2, 0.25) is 0 Å². The van der Waals surface area contributed by atoms with Crippen LogP contribution < -0.4 is 10.1 Å². The zero-order chi connectivity index (χ0) is 12.1. The normalized spacial score (nSPS) is 19.2. The van der Waals surface area contributed by atoms with Gasteiger partial charge in [-0.1, -0.05) is 0 Å². The van der Waals surface area contributed by atoms with Crippen LogP contribution in [0.15, 0.2) is 18.3 Å². The Kier molecular flexibility index (Phi) is 3.87. The maximum atomic E-state index is 10.7. The fraction of sp³-hybridized carbons (Fsp3) is 0.545. The summed E-state index contributed by atoms with van der Waals surface area (Å²) < 4.78 is 5.37. The summed E-state index contributed by atoms with van der Waals surface area (Å²) >= 11 is 0. The lowest BCUT2D eigenvalue weighted by Gasteiger charge is -2.10. The Morgan fingerprint density at radius 2 is 2.53 bits per heavy atom. The van der Waals surface area contributed by atoms with E-state index in [2.05, 4.69) is 10.3 Å².